The number of alkyl halides is 2. The summed E-state index contributed by atoms with van der Waals surface area (Å²) in [5.74, 6) is -2.91. The first kappa shape index (κ1) is 20.1. The summed E-state index contributed by atoms with van der Waals surface area (Å²) in [6.07, 6.45) is 10.1. The van der Waals surface area contributed by atoms with Crippen molar-refractivity contribution in [1.82, 2.24) is 0 Å². The zero-order valence-corrected chi connectivity index (χ0v) is 15.7. The summed E-state index contributed by atoms with van der Waals surface area (Å²) in [6.45, 7) is 3.91. The number of halogens is 2. The van der Waals surface area contributed by atoms with Crippen molar-refractivity contribution in [1.29, 1.82) is 0 Å². The van der Waals surface area contributed by atoms with Gasteiger partial charge in [-0.2, -0.15) is 8.78 Å². The maximum absolute atomic E-state index is 13.8. The molecule has 1 aromatic carbocycles. The monoisotopic (exact) mass is 350 g/mol. The highest BCUT2D eigenvalue weighted by Crippen LogP contribution is 2.38. The van der Waals surface area contributed by atoms with E-state index in [-0.39, 0.29) is 12.0 Å². The highest BCUT2D eigenvalue weighted by molar-refractivity contribution is 6.01. The highest BCUT2D eigenvalue weighted by atomic mass is 19.3. The van der Waals surface area contributed by atoms with E-state index < -0.39 is 11.7 Å². The van der Waals surface area contributed by atoms with E-state index in [1.54, 1.807) is 19.1 Å². The van der Waals surface area contributed by atoms with E-state index in [9.17, 15) is 13.6 Å². The first-order valence-electron chi connectivity index (χ1n) is 10.0. The third-order valence-corrected chi connectivity index (χ3v) is 5.60. The Morgan fingerprint density at radius 2 is 1.64 bits per heavy atom. The summed E-state index contributed by atoms with van der Waals surface area (Å²) in [7, 11) is 0. The summed E-state index contributed by atoms with van der Waals surface area (Å²) < 4.78 is 27.6. The van der Waals surface area contributed by atoms with Gasteiger partial charge in [-0.1, -0.05) is 63.8 Å². The third kappa shape index (κ3) is 5.62. The smallest absolute Gasteiger partial charge is 0.287 e. The summed E-state index contributed by atoms with van der Waals surface area (Å²) in [5.41, 5.74) is 1.33. The van der Waals surface area contributed by atoms with E-state index in [2.05, 4.69) is 6.92 Å². The molecule has 0 amide bonds. The van der Waals surface area contributed by atoms with Crippen LogP contribution in [0.3, 0.4) is 0 Å². The van der Waals surface area contributed by atoms with Crippen LogP contribution in [0.1, 0.15) is 99.9 Å². The van der Waals surface area contributed by atoms with Gasteiger partial charge < -0.3 is 0 Å². The van der Waals surface area contributed by atoms with Gasteiger partial charge in [0.2, 0.25) is 5.78 Å². The van der Waals surface area contributed by atoms with Crippen LogP contribution in [0.4, 0.5) is 8.78 Å². The molecule has 1 aliphatic rings. The molecule has 0 aromatic heterocycles. The van der Waals surface area contributed by atoms with Gasteiger partial charge in [-0.15, -0.1) is 0 Å². The maximum Gasteiger partial charge on any atom is 0.309 e. The van der Waals surface area contributed by atoms with Crippen molar-refractivity contribution in [3.8, 4) is 0 Å². The van der Waals surface area contributed by atoms with Crippen molar-refractivity contribution in [2.75, 3.05) is 0 Å². The van der Waals surface area contributed by atoms with E-state index in [4.69, 9.17) is 0 Å². The van der Waals surface area contributed by atoms with Crippen LogP contribution in [0.25, 0.3) is 0 Å². The summed E-state index contributed by atoms with van der Waals surface area (Å²) in [6, 6.07) is 6.96. The maximum atomic E-state index is 13.8. The fourth-order valence-electron chi connectivity index (χ4n) is 4.01. The van der Waals surface area contributed by atoms with E-state index in [1.165, 1.54) is 56.9 Å². The molecule has 140 valence electrons. The fourth-order valence-corrected chi connectivity index (χ4v) is 4.01. The molecule has 25 heavy (non-hydrogen) atoms. The number of hydrogen-bond acceptors (Lipinski definition) is 1. The Kier molecular flexibility index (Phi) is 7.58. The summed E-state index contributed by atoms with van der Waals surface area (Å²) in [5, 5.41) is 0. The van der Waals surface area contributed by atoms with Gasteiger partial charge in [-0.3, -0.25) is 4.79 Å². The lowest BCUT2D eigenvalue weighted by Crippen LogP contribution is -2.28. The summed E-state index contributed by atoms with van der Waals surface area (Å²) >= 11 is 0. The predicted molar refractivity (Wildman–Crippen MR) is 99.5 cm³/mol. The van der Waals surface area contributed by atoms with E-state index in [0.29, 0.717) is 12.3 Å². The molecule has 3 heteroatoms. The van der Waals surface area contributed by atoms with E-state index in [1.807, 2.05) is 12.1 Å². The normalized spacial score (nSPS) is 21.3. The number of hydrogen-bond donors (Lipinski definition) is 0. The second-order valence-electron chi connectivity index (χ2n) is 7.62. The Balaban J connectivity index is 1.90. The van der Waals surface area contributed by atoms with Gasteiger partial charge in [-0.25, -0.2) is 0 Å². The Morgan fingerprint density at radius 1 is 1.00 bits per heavy atom. The predicted octanol–water partition coefficient (Wildman–Crippen LogP) is 7.16. The van der Waals surface area contributed by atoms with Crippen molar-refractivity contribution < 1.29 is 13.6 Å². The van der Waals surface area contributed by atoms with Gasteiger partial charge in [-0.05, 0) is 49.5 Å². The number of unbranched alkanes of at least 4 members (excludes halogenated alkanes) is 2. The second kappa shape index (κ2) is 9.45. The largest absolute Gasteiger partial charge is 0.309 e. The zero-order valence-electron chi connectivity index (χ0n) is 15.7. The van der Waals surface area contributed by atoms with Crippen molar-refractivity contribution in [3.63, 3.8) is 0 Å². The minimum absolute atomic E-state index is 0.135. The first-order valence-corrected chi connectivity index (χ1v) is 10.0. The van der Waals surface area contributed by atoms with Gasteiger partial charge in [0.25, 0.3) is 0 Å². The first-order chi connectivity index (χ1) is 12.0. The number of carbonyl (C=O) groups is 1. The third-order valence-electron chi connectivity index (χ3n) is 5.60. The molecule has 0 radical (unpaired) electrons. The number of rotatable bonds is 9. The molecule has 1 saturated carbocycles. The van der Waals surface area contributed by atoms with Crippen LogP contribution in [0, 0.1) is 5.92 Å². The van der Waals surface area contributed by atoms with Gasteiger partial charge in [0.05, 0.1) is 0 Å². The fraction of sp³-hybridized carbons (Fsp3) is 0.682. The Hall–Kier alpha value is -1.25. The zero-order chi connectivity index (χ0) is 18.3. The summed E-state index contributed by atoms with van der Waals surface area (Å²) in [4.78, 5) is 12.0. The number of benzene rings is 1. The molecule has 1 nitrogen and oxygen atoms in total. The van der Waals surface area contributed by atoms with Crippen LogP contribution in [0.2, 0.25) is 0 Å². The van der Waals surface area contributed by atoms with Crippen LogP contribution < -0.4 is 0 Å². The van der Waals surface area contributed by atoms with Crippen molar-refractivity contribution >= 4 is 5.78 Å². The van der Waals surface area contributed by atoms with E-state index in [0.717, 1.165) is 5.92 Å². The highest BCUT2D eigenvalue weighted by Gasteiger charge is 2.38. The molecule has 1 aliphatic carbocycles. The molecule has 0 aliphatic heterocycles. The molecule has 0 unspecified atom stereocenters. The standard InChI is InChI=1S/C22H32F2O/c1-3-5-6-7-17-8-10-18(11-9-17)19-12-14-20(15-13-19)21(25)22(23,24)16-4-2/h12-15,17-18H,3-11,16H2,1-2H3. The average Bonchev–Trinajstić information content (AvgIpc) is 2.62. The van der Waals surface area contributed by atoms with Crippen LogP contribution in [0.15, 0.2) is 24.3 Å². The van der Waals surface area contributed by atoms with E-state index >= 15 is 0 Å². The van der Waals surface area contributed by atoms with Crippen molar-refractivity contribution in [2.45, 2.75) is 89.9 Å². The van der Waals surface area contributed by atoms with Gasteiger partial charge in [0.1, 0.15) is 0 Å². The van der Waals surface area contributed by atoms with Crippen LogP contribution in [-0.2, 0) is 0 Å². The molecule has 0 bridgehead atoms. The lowest BCUT2D eigenvalue weighted by Gasteiger charge is -2.29. The molecule has 1 fully saturated rings. The van der Waals surface area contributed by atoms with Gasteiger partial charge in [0.15, 0.2) is 0 Å². The van der Waals surface area contributed by atoms with Crippen LogP contribution in [0.5, 0.6) is 0 Å². The Labute approximate surface area is 151 Å². The quantitative estimate of drug-likeness (QED) is 0.341. The van der Waals surface area contributed by atoms with Crippen LogP contribution in [-0.4, -0.2) is 11.7 Å². The van der Waals surface area contributed by atoms with Crippen molar-refractivity contribution in [2.24, 2.45) is 5.92 Å². The number of Topliss-reactive ketones (excluding diaryl/α,β-unsaturated/α-hetero) is 1. The Morgan fingerprint density at radius 3 is 2.20 bits per heavy atom. The molecule has 0 atom stereocenters. The molecular formula is C22H32F2O. The SMILES string of the molecule is CCCCCC1CCC(c2ccc(C(=O)C(F)(F)CCC)cc2)CC1. The molecule has 2 rings (SSSR count). The minimum atomic E-state index is -3.24. The molecule has 1 aromatic rings. The van der Waals surface area contributed by atoms with Gasteiger partial charge >= 0.3 is 5.92 Å². The average molecular weight is 350 g/mol. The lowest BCUT2D eigenvalue weighted by molar-refractivity contribution is 0.00453. The second-order valence-corrected chi connectivity index (χ2v) is 7.62. The van der Waals surface area contributed by atoms with Gasteiger partial charge in [0, 0.05) is 12.0 Å². The van der Waals surface area contributed by atoms with Crippen molar-refractivity contribution in [3.05, 3.63) is 35.4 Å². The number of carbonyl (C=O) groups excluding carboxylic acids is 1. The molecule has 0 N–H and O–H groups in total. The molecule has 0 saturated heterocycles. The number of ketones is 1. The molecule has 0 heterocycles. The lowest BCUT2D eigenvalue weighted by atomic mass is 9.77. The molecular weight excluding hydrogens is 318 g/mol. The minimum Gasteiger partial charge on any atom is -0.287 e. The Bertz CT molecular complexity index is 527. The van der Waals surface area contributed by atoms with Crippen LogP contribution >= 0.6 is 0 Å². The molecule has 0 spiro atoms. The topological polar surface area (TPSA) is 17.1 Å².